The molecule has 6 heteroatoms. The molecule has 1 N–H and O–H groups in total. The number of hydrogen-bond donors (Lipinski definition) is 1. The van der Waals surface area contributed by atoms with E-state index in [-0.39, 0.29) is 36.9 Å². The fourth-order valence-corrected chi connectivity index (χ4v) is 2.39. The van der Waals surface area contributed by atoms with E-state index in [0.29, 0.717) is 19.5 Å². The third-order valence-corrected chi connectivity index (χ3v) is 3.71. The lowest BCUT2D eigenvalue weighted by Gasteiger charge is -2.26. The normalized spacial score (nSPS) is 14.5. The van der Waals surface area contributed by atoms with E-state index >= 15 is 0 Å². The van der Waals surface area contributed by atoms with Crippen LogP contribution >= 0.6 is 0 Å². The highest BCUT2D eigenvalue weighted by molar-refractivity contribution is 6.02. The Hall–Kier alpha value is -1.72. The van der Waals surface area contributed by atoms with Crippen LogP contribution in [-0.4, -0.2) is 47.9 Å². The number of hydrogen-bond acceptors (Lipinski definition) is 4. The predicted molar refractivity (Wildman–Crippen MR) is 82.2 cm³/mol. The van der Waals surface area contributed by atoms with Crippen LogP contribution in [0.3, 0.4) is 0 Å². The molecule has 1 rings (SSSR count). The Kier molecular flexibility index (Phi) is 8.40. The molecule has 0 saturated carbocycles. The number of unbranched alkanes of at least 4 members (excludes halogenated alkanes) is 1. The van der Waals surface area contributed by atoms with Crippen LogP contribution in [-0.2, 0) is 19.2 Å². The summed E-state index contributed by atoms with van der Waals surface area (Å²) in [6, 6.07) is 0. The first-order valence-corrected chi connectivity index (χ1v) is 8.10. The number of nitrogens with one attached hydrogen (secondary N) is 1. The van der Waals surface area contributed by atoms with E-state index in [1.54, 1.807) is 4.90 Å². The minimum absolute atomic E-state index is 0.115. The number of carbonyl (C=O) groups excluding carboxylic acids is 4. The summed E-state index contributed by atoms with van der Waals surface area (Å²) in [5, 5.41) is 2.42. The number of nitrogens with zero attached hydrogens (tertiary/aromatic N) is 1. The van der Waals surface area contributed by atoms with Crippen molar-refractivity contribution in [1.29, 1.82) is 0 Å². The van der Waals surface area contributed by atoms with Gasteiger partial charge < -0.3 is 10.2 Å². The average molecular weight is 310 g/mol. The minimum atomic E-state index is -0.445. The van der Waals surface area contributed by atoms with Crippen LogP contribution in [0.4, 0.5) is 0 Å². The van der Waals surface area contributed by atoms with Gasteiger partial charge in [-0.1, -0.05) is 13.3 Å². The Labute approximate surface area is 131 Å². The van der Waals surface area contributed by atoms with Gasteiger partial charge in [-0.05, 0) is 25.7 Å². The Morgan fingerprint density at radius 2 is 1.64 bits per heavy atom. The zero-order valence-electron chi connectivity index (χ0n) is 13.4. The number of piperidine rings is 1. The highest BCUT2D eigenvalue weighted by atomic mass is 16.2. The molecule has 0 aromatic heterocycles. The maximum atomic E-state index is 11.9. The lowest BCUT2D eigenvalue weighted by Crippen LogP contribution is -2.38. The average Bonchev–Trinajstić information content (AvgIpc) is 2.51. The quantitative estimate of drug-likeness (QED) is 0.649. The van der Waals surface area contributed by atoms with E-state index in [9.17, 15) is 19.2 Å². The topological polar surface area (TPSA) is 83.5 Å². The number of rotatable bonds is 9. The molecular weight excluding hydrogens is 284 g/mol. The predicted octanol–water partition coefficient (Wildman–Crippen LogP) is 1.22. The van der Waals surface area contributed by atoms with E-state index in [0.717, 1.165) is 32.1 Å². The molecule has 1 aliphatic heterocycles. The van der Waals surface area contributed by atoms with Gasteiger partial charge in [0.15, 0.2) is 5.78 Å². The molecule has 124 valence electrons. The van der Waals surface area contributed by atoms with Crippen molar-refractivity contribution in [1.82, 2.24) is 10.2 Å². The van der Waals surface area contributed by atoms with Crippen molar-refractivity contribution < 1.29 is 19.2 Å². The summed E-state index contributed by atoms with van der Waals surface area (Å²) in [7, 11) is 0. The van der Waals surface area contributed by atoms with E-state index in [2.05, 4.69) is 5.32 Å². The van der Waals surface area contributed by atoms with Gasteiger partial charge in [-0.25, -0.2) is 0 Å². The van der Waals surface area contributed by atoms with Gasteiger partial charge in [-0.3, -0.25) is 19.2 Å². The molecular formula is C16H26N2O4. The van der Waals surface area contributed by atoms with Gasteiger partial charge in [-0.2, -0.15) is 0 Å². The fourth-order valence-electron chi connectivity index (χ4n) is 2.39. The summed E-state index contributed by atoms with van der Waals surface area (Å²) >= 11 is 0. The molecule has 6 nitrogen and oxygen atoms in total. The molecule has 0 aliphatic carbocycles. The molecule has 0 aromatic carbocycles. The van der Waals surface area contributed by atoms with Crippen LogP contribution in [0, 0.1) is 0 Å². The smallest absolute Gasteiger partial charge is 0.230 e. The molecule has 0 aromatic rings. The third-order valence-electron chi connectivity index (χ3n) is 3.71. The monoisotopic (exact) mass is 310 g/mol. The molecule has 0 radical (unpaired) electrons. The summed E-state index contributed by atoms with van der Waals surface area (Å²) in [5.41, 5.74) is 0. The molecule has 1 saturated heterocycles. The molecule has 2 amide bonds. The van der Waals surface area contributed by atoms with Gasteiger partial charge >= 0.3 is 0 Å². The van der Waals surface area contributed by atoms with Crippen LogP contribution in [0.25, 0.3) is 0 Å². The molecule has 1 aliphatic rings. The van der Waals surface area contributed by atoms with E-state index in [1.807, 2.05) is 6.92 Å². The number of carbonyl (C=O) groups is 4. The van der Waals surface area contributed by atoms with Gasteiger partial charge in [0.2, 0.25) is 11.8 Å². The van der Waals surface area contributed by atoms with Crippen LogP contribution in [0.2, 0.25) is 0 Å². The molecule has 22 heavy (non-hydrogen) atoms. The van der Waals surface area contributed by atoms with Gasteiger partial charge in [0.1, 0.15) is 5.78 Å². The van der Waals surface area contributed by atoms with Crippen LogP contribution < -0.4 is 5.32 Å². The third kappa shape index (κ3) is 7.33. The van der Waals surface area contributed by atoms with Crippen LogP contribution in [0.1, 0.15) is 58.3 Å². The number of Topliss-reactive ketones (excluding diaryl/α,β-unsaturated/α-hetero) is 2. The van der Waals surface area contributed by atoms with Crippen molar-refractivity contribution in [2.45, 2.75) is 58.3 Å². The van der Waals surface area contributed by atoms with Crippen molar-refractivity contribution in [3.8, 4) is 0 Å². The number of amides is 2. The zero-order valence-corrected chi connectivity index (χ0v) is 13.4. The summed E-state index contributed by atoms with van der Waals surface area (Å²) in [4.78, 5) is 48.3. The van der Waals surface area contributed by atoms with Crippen molar-refractivity contribution in [3.63, 3.8) is 0 Å². The van der Waals surface area contributed by atoms with Gasteiger partial charge in [-0.15, -0.1) is 0 Å². The van der Waals surface area contributed by atoms with Crippen LogP contribution in [0.15, 0.2) is 0 Å². The first-order chi connectivity index (χ1) is 10.5. The Morgan fingerprint density at radius 3 is 2.27 bits per heavy atom. The van der Waals surface area contributed by atoms with Crippen molar-refractivity contribution >= 4 is 23.4 Å². The fraction of sp³-hybridized carbons (Fsp3) is 0.750. The molecule has 0 atom stereocenters. The van der Waals surface area contributed by atoms with Crippen molar-refractivity contribution in [3.05, 3.63) is 0 Å². The minimum Gasteiger partial charge on any atom is -0.349 e. The van der Waals surface area contributed by atoms with E-state index in [1.165, 1.54) is 0 Å². The maximum Gasteiger partial charge on any atom is 0.230 e. The summed E-state index contributed by atoms with van der Waals surface area (Å²) < 4.78 is 0. The van der Waals surface area contributed by atoms with Crippen molar-refractivity contribution in [2.24, 2.45) is 0 Å². The Bertz CT molecular complexity index is 414. The molecule has 0 spiro atoms. The second-order valence-electron chi connectivity index (χ2n) is 5.75. The summed E-state index contributed by atoms with van der Waals surface area (Å²) in [5.74, 6) is -1.04. The number of likely N-dealkylation sites (tertiary alicyclic amines) is 1. The lowest BCUT2D eigenvalue weighted by molar-refractivity contribution is -0.137. The Morgan fingerprint density at radius 1 is 0.955 bits per heavy atom. The highest BCUT2D eigenvalue weighted by Gasteiger charge is 2.19. The first kappa shape index (κ1) is 18.3. The van der Waals surface area contributed by atoms with Gasteiger partial charge in [0, 0.05) is 19.5 Å². The van der Waals surface area contributed by atoms with Crippen molar-refractivity contribution in [2.75, 3.05) is 19.6 Å². The first-order valence-electron chi connectivity index (χ1n) is 8.10. The van der Waals surface area contributed by atoms with E-state index < -0.39 is 5.91 Å². The van der Waals surface area contributed by atoms with E-state index in [4.69, 9.17) is 0 Å². The second kappa shape index (κ2) is 10.1. The molecule has 0 bridgehead atoms. The number of ketones is 2. The summed E-state index contributed by atoms with van der Waals surface area (Å²) in [6.07, 6.45) is 4.80. The van der Waals surface area contributed by atoms with Gasteiger partial charge in [0.25, 0.3) is 0 Å². The van der Waals surface area contributed by atoms with Gasteiger partial charge in [0.05, 0.1) is 19.4 Å². The Balaban J connectivity index is 2.20. The highest BCUT2D eigenvalue weighted by Crippen LogP contribution is 2.09. The maximum absolute atomic E-state index is 11.9. The lowest BCUT2D eigenvalue weighted by atomic mass is 10.1. The summed E-state index contributed by atoms with van der Waals surface area (Å²) in [6.45, 7) is 3.22. The largest absolute Gasteiger partial charge is 0.349 e. The second-order valence-corrected chi connectivity index (χ2v) is 5.75. The SMILES string of the molecule is CCCCC(=O)CC(=O)NCC(=O)CC(=O)N1CCCCC1. The standard InChI is InChI=1S/C16H26N2O4/c1-2-3-7-13(19)10-15(21)17-12-14(20)11-16(22)18-8-5-4-6-9-18/h2-12H2,1H3,(H,17,21). The van der Waals surface area contributed by atoms with Crippen LogP contribution in [0.5, 0.6) is 0 Å². The molecule has 1 heterocycles. The zero-order chi connectivity index (χ0) is 16.4. The molecule has 1 fully saturated rings. The molecule has 0 unspecified atom stereocenters.